The minimum atomic E-state index is -3.34. The number of carbonyl (C=O) groups is 2. The van der Waals surface area contributed by atoms with Crippen molar-refractivity contribution in [3.8, 4) is 0 Å². The van der Waals surface area contributed by atoms with Crippen LogP contribution in [0.3, 0.4) is 0 Å². The molecule has 0 aliphatic carbocycles. The van der Waals surface area contributed by atoms with E-state index in [1.165, 1.54) is 10.1 Å². The van der Waals surface area contributed by atoms with Crippen LogP contribution < -0.4 is 20.1 Å². The topological polar surface area (TPSA) is 200 Å². The second-order valence-corrected chi connectivity index (χ2v) is 19.5. The molecule has 0 radical (unpaired) electrons. The Morgan fingerprint density at radius 2 is 0.833 bits per heavy atom. The number of nitrogens with one attached hydrogen (secondary N) is 4. The Balaban J connectivity index is 0.933. The molecule has 0 unspecified atom stereocenters. The van der Waals surface area contributed by atoms with Gasteiger partial charge < -0.3 is 20.3 Å². The van der Waals surface area contributed by atoms with Crippen LogP contribution in [0.25, 0.3) is 0 Å². The number of anilines is 2. The van der Waals surface area contributed by atoms with Crippen molar-refractivity contribution in [2.75, 3.05) is 36.8 Å². The van der Waals surface area contributed by atoms with E-state index in [1.54, 1.807) is 27.7 Å². The standard InChI is InChI=1S/C42H50N8O8S2/c1-29(2)59(53,54)45-27-35-9-5-31(6-10-35)25-33-13-17-37(18-14-33)47-41-43-21-23-49(41)57-39(51)40(52)58-50-24-22-44-42(50)48-38-19-15-34(16-20-38)26-32-7-11-36(12-8-32)28-46-60(55,56)30(3)4/h5-20,29-30,45-46H,21-28H2,1-4H3,(H,43,47)(H,44,48). The van der Waals surface area contributed by atoms with Gasteiger partial charge in [-0.3, -0.25) is 0 Å². The lowest BCUT2D eigenvalue weighted by Crippen LogP contribution is -2.41. The van der Waals surface area contributed by atoms with Crippen LogP contribution in [-0.2, 0) is 65.2 Å². The lowest BCUT2D eigenvalue weighted by Gasteiger charge is -2.21. The number of nitrogens with zero attached hydrogens (tertiary/aromatic N) is 4. The number of hydrogen-bond acceptors (Lipinski definition) is 14. The highest BCUT2D eigenvalue weighted by Crippen LogP contribution is 2.19. The average molecular weight is 859 g/mol. The van der Waals surface area contributed by atoms with E-state index in [9.17, 15) is 26.4 Å². The lowest BCUT2D eigenvalue weighted by atomic mass is 10.0. The Morgan fingerprint density at radius 3 is 1.15 bits per heavy atom. The highest BCUT2D eigenvalue weighted by Gasteiger charge is 2.31. The smallest absolute Gasteiger partial charge is 0.327 e. The number of carbonyl (C=O) groups excluding carboxylic acids is 2. The van der Waals surface area contributed by atoms with Crippen LogP contribution >= 0.6 is 0 Å². The van der Waals surface area contributed by atoms with Gasteiger partial charge in [0.25, 0.3) is 0 Å². The highest BCUT2D eigenvalue weighted by atomic mass is 32.2. The van der Waals surface area contributed by atoms with Gasteiger partial charge in [0, 0.05) is 24.5 Å². The Labute approximate surface area is 351 Å². The number of rotatable bonds is 16. The summed E-state index contributed by atoms with van der Waals surface area (Å²) in [5, 5.41) is 7.71. The van der Waals surface area contributed by atoms with E-state index in [0.717, 1.165) is 33.4 Å². The van der Waals surface area contributed by atoms with Crippen molar-refractivity contribution >= 4 is 55.3 Å². The van der Waals surface area contributed by atoms with Crippen LogP contribution in [0.2, 0.25) is 0 Å². The number of benzene rings is 4. The number of aliphatic imine (C=N–C) groups is 2. The van der Waals surface area contributed by atoms with Crippen molar-refractivity contribution in [3.63, 3.8) is 0 Å². The Hall–Kier alpha value is -5.82. The molecule has 60 heavy (non-hydrogen) atoms. The third kappa shape index (κ3) is 12.1. The normalized spacial score (nSPS) is 14.3. The van der Waals surface area contributed by atoms with E-state index < -0.39 is 42.5 Å². The van der Waals surface area contributed by atoms with Gasteiger partial charge in [-0.1, -0.05) is 72.8 Å². The molecule has 0 fully saturated rings. The number of hydroxylamine groups is 4. The fourth-order valence-corrected chi connectivity index (χ4v) is 7.31. The summed E-state index contributed by atoms with van der Waals surface area (Å²) in [7, 11) is -6.68. The summed E-state index contributed by atoms with van der Waals surface area (Å²) < 4.78 is 53.4. The van der Waals surface area contributed by atoms with E-state index in [0.29, 0.717) is 37.3 Å². The van der Waals surface area contributed by atoms with E-state index in [2.05, 4.69) is 30.1 Å². The van der Waals surface area contributed by atoms with Gasteiger partial charge in [-0.05, 0) is 98.2 Å². The molecule has 0 atom stereocenters. The summed E-state index contributed by atoms with van der Waals surface area (Å²) in [6, 6.07) is 30.9. The zero-order chi connectivity index (χ0) is 42.9. The molecule has 2 aliphatic rings. The summed E-state index contributed by atoms with van der Waals surface area (Å²) in [6.07, 6.45) is 1.34. The van der Waals surface area contributed by atoms with Crippen molar-refractivity contribution < 1.29 is 36.1 Å². The number of sulfonamides is 2. The number of guanidine groups is 2. The van der Waals surface area contributed by atoms with Crippen LogP contribution in [-0.4, -0.2) is 87.5 Å². The van der Waals surface area contributed by atoms with Gasteiger partial charge in [0.05, 0.1) is 36.7 Å². The summed E-state index contributed by atoms with van der Waals surface area (Å²) in [6.45, 7) is 8.21. The molecule has 0 spiro atoms. The fraction of sp³-hybridized carbons (Fsp3) is 0.333. The Bertz CT molecular complexity index is 2230. The van der Waals surface area contributed by atoms with Crippen LogP contribution in [0, 0.1) is 0 Å². The molecule has 18 heteroatoms. The second-order valence-electron chi connectivity index (χ2n) is 14.8. The molecule has 0 bridgehead atoms. The first-order valence-corrected chi connectivity index (χ1v) is 22.7. The van der Waals surface area contributed by atoms with Crippen molar-refractivity contribution in [2.45, 2.75) is 64.1 Å². The molecule has 4 aromatic carbocycles. The minimum Gasteiger partial charge on any atom is -0.327 e. The maximum atomic E-state index is 12.8. The third-order valence-electron chi connectivity index (χ3n) is 9.63. The van der Waals surface area contributed by atoms with Crippen LogP contribution in [0.1, 0.15) is 61.1 Å². The molecule has 4 aromatic rings. The first-order valence-electron chi connectivity index (χ1n) is 19.6. The molecule has 0 aromatic heterocycles. The maximum absolute atomic E-state index is 12.8. The Kier molecular flexibility index (Phi) is 14.2. The van der Waals surface area contributed by atoms with E-state index in [4.69, 9.17) is 9.68 Å². The van der Waals surface area contributed by atoms with Crippen LogP contribution in [0.4, 0.5) is 11.4 Å². The van der Waals surface area contributed by atoms with E-state index in [-0.39, 0.29) is 38.1 Å². The lowest BCUT2D eigenvalue weighted by molar-refractivity contribution is -0.198. The van der Waals surface area contributed by atoms with Gasteiger partial charge in [-0.15, -0.1) is 0 Å². The van der Waals surface area contributed by atoms with E-state index in [1.807, 2.05) is 97.1 Å². The maximum Gasteiger partial charge on any atom is 0.444 e. The molecule has 0 amide bonds. The first-order chi connectivity index (χ1) is 28.6. The largest absolute Gasteiger partial charge is 0.444 e. The zero-order valence-electron chi connectivity index (χ0n) is 33.9. The van der Waals surface area contributed by atoms with Crippen molar-refractivity contribution in [1.82, 2.24) is 19.6 Å². The van der Waals surface area contributed by atoms with Gasteiger partial charge in [-0.25, -0.2) is 45.9 Å². The minimum absolute atomic E-state index is 0.235. The molecule has 16 nitrogen and oxygen atoms in total. The predicted octanol–water partition coefficient (Wildman–Crippen LogP) is 4.31. The molecule has 318 valence electrons. The molecular weight excluding hydrogens is 809 g/mol. The van der Waals surface area contributed by atoms with Crippen molar-refractivity contribution in [3.05, 3.63) is 130 Å². The van der Waals surface area contributed by atoms with Gasteiger partial charge in [-0.2, -0.15) is 10.1 Å². The van der Waals surface area contributed by atoms with Crippen molar-refractivity contribution in [2.24, 2.45) is 9.98 Å². The SMILES string of the molecule is CC(C)S(=O)(=O)NCc1ccc(Cc2ccc(NC3=NCCN3OC(=O)C(=O)ON3CCN=C3Nc3ccc(Cc4ccc(CNS(=O)(=O)C(C)C)cc4)cc3)cc2)cc1. The van der Waals surface area contributed by atoms with E-state index >= 15 is 0 Å². The monoisotopic (exact) mass is 858 g/mol. The quantitative estimate of drug-likeness (QED) is 0.117. The zero-order valence-corrected chi connectivity index (χ0v) is 35.6. The molecule has 2 heterocycles. The first kappa shape index (κ1) is 43.8. The number of hydrogen-bond donors (Lipinski definition) is 4. The predicted molar refractivity (Wildman–Crippen MR) is 231 cm³/mol. The van der Waals surface area contributed by atoms with Crippen LogP contribution in [0.15, 0.2) is 107 Å². The third-order valence-corrected chi connectivity index (χ3v) is 13.2. The molecular formula is C42H50N8O8S2. The summed E-state index contributed by atoms with van der Waals surface area (Å²) >= 11 is 0. The molecule has 2 aliphatic heterocycles. The van der Waals surface area contributed by atoms with Gasteiger partial charge >= 0.3 is 11.9 Å². The fourth-order valence-electron chi connectivity index (χ4n) is 5.91. The van der Waals surface area contributed by atoms with Gasteiger partial charge in [0.1, 0.15) is 0 Å². The summed E-state index contributed by atoms with van der Waals surface area (Å²) in [4.78, 5) is 45.1. The second kappa shape index (κ2) is 19.5. The molecule has 0 saturated carbocycles. The summed E-state index contributed by atoms with van der Waals surface area (Å²) in [5.74, 6) is -1.90. The van der Waals surface area contributed by atoms with Crippen LogP contribution in [0.5, 0.6) is 0 Å². The van der Waals surface area contributed by atoms with Crippen molar-refractivity contribution in [1.29, 1.82) is 0 Å². The van der Waals surface area contributed by atoms with Gasteiger partial charge in [0.15, 0.2) is 0 Å². The Morgan fingerprint density at radius 1 is 0.533 bits per heavy atom. The summed E-state index contributed by atoms with van der Waals surface area (Å²) in [5.41, 5.74) is 7.39. The molecule has 6 rings (SSSR count). The average Bonchev–Trinajstić information content (AvgIpc) is 3.86. The molecule has 4 N–H and O–H groups in total. The van der Waals surface area contributed by atoms with Gasteiger partial charge in [0.2, 0.25) is 32.0 Å². The highest BCUT2D eigenvalue weighted by molar-refractivity contribution is 7.90. The molecule has 0 saturated heterocycles.